The van der Waals surface area contributed by atoms with Crippen molar-refractivity contribution >= 4 is 11.5 Å². The van der Waals surface area contributed by atoms with Gasteiger partial charge < -0.3 is 14.0 Å². The maximum atomic E-state index is 5.53. The SMILES string of the molecule is CCc1cccc(Cc2nc(Cc3ccn4ccnc4c3)cc(N3CCOCC3)n2)n1. The highest BCUT2D eigenvalue weighted by Gasteiger charge is 2.16. The summed E-state index contributed by atoms with van der Waals surface area (Å²) in [5.74, 6) is 1.78. The number of fused-ring (bicyclic) bond motifs is 1. The van der Waals surface area contributed by atoms with Crippen molar-refractivity contribution in [3.05, 3.63) is 83.5 Å². The zero-order valence-electron chi connectivity index (χ0n) is 17.7. The Balaban J connectivity index is 1.47. The second-order valence-electron chi connectivity index (χ2n) is 7.79. The number of hydrogen-bond acceptors (Lipinski definition) is 6. The lowest BCUT2D eigenvalue weighted by Gasteiger charge is -2.28. The molecule has 0 atom stereocenters. The van der Waals surface area contributed by atoms with Gasteiger partial charge in [0.2, 0.25) is 0 Å². The van der Waals surface area contributed by atoms with Crippen LogP contribution in [0.2, 0.25) is 0 Å². The Labute approximate surface area is 181 Å². The van der Waals surface area contributed by atoms with Crippen LogP contribution in [-0.4, -0.2) is 50.6 Å². The summed E-state index contributed by atoms with van der Waals surface area (Å²) in [6, 6.07) is 12.5. The second kappa shape index (κ2) is 8.81. The minimum Gasteiger partial charge on any atom is -0.378 e. The summed E-state index contributed by atoms with van der Waals surface area (Å²) in [5, 5.41) is 0. The molecule has 0 unspecified atom stereocenters. The molecule has 0 spiro atoms. The summed E-state index contributed by atoms with van der Waals surface area (Å²) in [7, 11) is 0. The average Bonchev–Trinajstić information content (AvgIpc) is 3.27. The van der Waals surface area contributed by atoms with Crippen molar-refractivity contribution in [2.24, 2.45) is 0 Å². The minimum absolute atomic E-state index is 0.623. The van der Waals surface area contributed by atoms with Gasteiger partial charge in [0.1, 0.15) is 17.3 Å². The molecule has 0 radical (unpaired) electrons. The first-order valence-electron chi connectivity index (χ1n) is 10.8. The molecule has 1 aliphatic heterocycles. The first-order chi connectivity index (χ1) is 15.3. The molecule has 4 aromatic heterocycles. The minimum atomic E-state index is 0.623. The highest BCUT2D eigenvalue weighted by Crippen LogP contribution is 2.19. The van der Waals surface area contributed by atoms with E-state index in [1.807, 2.05) is 23.0 Å². The van der Waals surface area contributed by atoms with Crippen LogP contribution in [0.1, 0.15) is 35.4 Å². The topological polar surface area (TPSA) is 68.4 Å². The van der Waals surface area contributed by atoms with Gasteiger partial charge in [-0.3, -0.25) is 4.98 Å². The molecule has 0 aromatic carbocycles. The Bertz CT molecular complexity index is 1180. The maximum absolute atomic E-state index is 5.53. The molecule has 0 N–H and O–H groups in total. The van der Waals surface area contributed by atoms with Crippen molar-refractivity contribution in [2.45, 2.75) is 26.2 Å². The summed E-state index contributed by atoms with van der Waals surface area (Å²) >= 11 is 0. The van der Waals surface area contributed by atoms with E-state index in [1.165, 1.54) is 5.56 Å². The second-order valence-corrected chi connectivity index (χ2v) is 7.79. The molecular formula is C24H26N6O. The first-order valence-corrected chi connectivity index (χ1v) is 10.8. The van der Waals surface area contributed by atoms with E-state index in [2.05, 4.69) is 53.2 Å². The third kappa shape index (κ3) is 4.56. The van der Waals surface area contributed by atoms with Crippen LogP contribution in [-0.2, 0) is 24.0 Å². The summed E-state index contributed by atoms with van der Waals surface area (Å²) in [5.41, 5.74) is 5.23. The van der Waals surface area contributed by atoms with Crippen molar-refractivity contribution in [3.8, 4) is 0 Å². The molecule has 5 rings (SSSR count). The Hall–Kier alpha value is -3.32. The lowest BCUT2D eigenvalue weighted by Crippen LogP contribution is -2.37. The molecule has 0 amide bonds. The van der Waals surface area contributed by atoms with Crippen LogP contribution in [0.4, 0.5) is 5.82 Å². The quantitative estimate of drug-likeness (QED) is 0.483. The molecule has 31 heavy (non-hydrogen) atoms. The lowest BCUT2D eigenvalue weighted by molar-refractivity contribution is 0.122. The Morgan fingerprint density at radius 1 is 0.903 bits per heavy atom. The first kappa shape index (κ1) is 19.6. The average molecular weight is 415 g/mol. The maximum Gasteiger partial charge on any atom is 0.136 e. The van der Waals surface area contributed by atoms with E-state index in [0.29, 0.717) is 6.42 Å². The monoisotopic (exact) mass is 414 g/mol. The van der Waals surface area contributed by atoms with Crippen molar-refractivity contribution in [3.63, 3.8) is 0 Å². The normalized spacial score (nSPS) is 14.3. The van der Waals surface area contributed by atoms with Crippen LogP contribution in [0.15, 0.2) is 55.0 Å². The van der Waals surface area contributed by atoms with Gasteiger partial charge in [-0.05, 0) is 36.2 Å². The number of ether oxygens (including phenoxy) is 1. The third-order valence-electron chi connectivity index (χ3n) is 5.56. The van der Waals surface area contributed by atoms with Crippen LogP contribution in [0.5, 0.6) is 0 Å². The Morgan fingerprint density at radius 3 is 2.65 bits per heavy atom. The van der Waals surface area contributed by atoms with E-state index >= 15 is 0 Å². The van der Waals surface area contributed by atoms with Gasteiger partial charge in [0.25, 0.3) is 0 Å². The number of pyridine rings is 2. The van der Waals surface area contributed by atoms with E-state index in [1.54, 1.807) is 0 Å². The fourth-order valence-electron chi connectivity index (χ4n) is 3.92. The number of aryl methyl sites for hydroxylation is 1. The van der Waals surface area contributed by atoms with Gasteiger partial charge in [0.15, 0.2) is 0 Å². The van der Waals surface area contributed by atoms with E-state index in [4.69, 9.17) is 19.7 Å². The van der Waals surface area contributed by atoms with Gasteiger partial charge in [0, 0.05) is 55.6 Å². The number of hydrogen-bond donors (Lipinski definition) is 0. The van der Waals surface area contributed by atoms with Gasteiger partial charge in [-0.1, -0.05) is 13.0 Å². The standard InChI is InChI=1S/C24H26N6O/c1-2-19-4-3-5-20(26-19)16-22-27-21(17-24(28-22)30-10-12-31-13-11-30)14-18-6-8-29-9-7-25-23(29)15-18/h3-9,15,17H,2,10-14,16H2,1H3. The molecule has 4 aromatic rings. The Kier molecular flexibility index (Phi) is 5.58. The van der Waals surface area contributed by atoms with Crippen molar-refractivity contribution < 1.29 is 4.74 Å². The summed E-state index contributed by atoms with van der Waals surface area (Å²) in [6.45, 7) is 5.27. The molecule has 158 valence electrons. The highest BCUT2D eigenvalue weighted by molar-refractivity contribution is 5.45. The summed E-state index contributed by atoms with van der Waals surface area (Å²) < 4.78 is 7.54. The number of nitrogens with zero attached hydrogens (tertiary/aromatic N) is 6. The number of imidazole rings is 1. The fraction of sp³-hybridized carbons (Fsp3) is 0.333. The number of morpholine rings is 1. The Morgan fingerprint density at radius 2 is 1.77 bits per heavy atom. The van der Waals surface area contributed by atoms with E-state index < -0.39 is 0 Å². The zero-order chi connectivity index (χ0) is 21.0. The number of aromatic nitrogens is 5. The molecule has 1 aliphatic rings. The summed E-state index contributed by atoms with van der Waals surface area (Å²) in [4.78, 5) is 21.2. The fourth-order valence-corrected chi connectivity index (χ4v) is 3.92. The molecular weight excluding hydrogens is 388 g/mol. The van der Waals surface area contributed by atoms with Gasteiger partial charge in [-0.15, -0.1) is 0 Å². The molecule has 0 bridgehead atoms. The molecule has 7 nitrogen and oxygen atoms in total. The van der Waals surface area contributed by atoms with Gasteiger partial charge >= 0.3 is 0 Å². The number of rotatable bonds is 6. The smallest absolute Gasteiger partial charge is 0.136 e. The molecule has 7 heteroatoms. The van der Waals surface area contributed by atoms with Gasteiger partial charge in [-0.2, -0.15) is 0 Å². The van der Waals surface area contributed by atoms with Crippen LogP contribution < -0.4 is 4.90 Å². The molecule has 5 heterocycles. The predicted molar refractivity (Wildman–Crippen MR) is 119 cm³/mol. The van der Waals surface area contributed by atoms with Crippen molar-refractivity contribution in [1.29, 1.82) is 0 Å². The molecule has 0 saturated carbocycles. The van der Waals surface area contributed by atoms with Crippen LogP contribution in [0.25, 0.3) is 5.65 Å². The van der Waals surface area contributed by atoms with Crippen molar-refractivity contribution in [2.75, 3.05) is 31.2 Å². The highest BCUT2D eigenvalue weighted by atomic mass is 16.5. The predicted octanol–water partition coefficient (Wildman–Crippen LogP) is 3.10. The summed E-state index contributed by atoms with van der Waals surface area (Å²) in [6.07, 6.45) is 8.09. The van der Waals surface area contributed by atoms with E-state index in [9.17, 15) is 0 Å². The van der Waals surface area contributed by atoms with E-state index in [-0.39, 0.29) is 0 Å². The molecule has 0 aliphatic carbocycles. The van der Waals surface area contributed by atoms with Crippen LogP contribution in [0.3, 0.4) is 0 Å². The third-order valence-corrected chi connectivity index (χ3v) is 5.56. The van der Waals surface area contributed by atoms with Gasteiger partial charge in [0.05, 0.1) is 25.3 Å². The van der Waals surface area contributed by atoms with E-state index in [0.717, 1.165) is 73.5 Å². The van der Waals surface area contributed by atoms with Crippen LogP contribution in [0, 0.1) is 0 Å². The van der Waals surface area contributed by atoms with Crippen LogP contribution >= 0.6 is 0 Å². The van der Waals surface area contributed by atoms with Gasteiger partial charge in [-0.25, -0.2) is 15.0 Å². The molecule has 1 saturated heterocycles. The lowest BCUT2D eigenvalue weighted by atomic mass is 10.1. The zero-order valence-corrected chi connectivity index (χ0v) is 17.7. The molecule has 1 fully saturated rings. The van der Waals surface area contributed by atoms with Crippen molar-refractivity contribution in [1.82, 2.24) is 24.3 Å². The largest absolute Gasteiger partial charge is 0.378 e. The number of anilines is 1.